The molecule has 1 saturated heterocycles. The van der Waals surface area contributed by atoms with Crippen LogP contribution in [-0.4, -0.2) is 66.7 Å². The van der Waals surface area contributed by atoms with E-state index in [1.807, 2.05) is 0 Å². The highest BCUT2D eigenvalue weighted by Crippen LogP contribution is 2.14. The van der Waals surface area contributed by atoms with E-state index in [1.54, 1.807) is 38.1 Å². The van der Waals surface area contributed by atoms with Crippen molar-refractivity contribution in [2.45, 2.75) is 65.0 Å². The molecule has 1 fully saturated rings. The molecule has 0 spiro atoms. The molecular weight excluding hydrogens is 494 g/mol. The molecule has 0 radical (unpaired) electrons. The third kappa shape index (κ3) is 10.2. The van der Waals surface area contributed by atoms with Crippen LogP contribution in [-0.2, 0) is 35.3 Å². The first kappa shape index (κ1) is 30.3. The normalized spacial score (nSPS) is 13.7. The molecule has 1 heterocycles. The summed E-state index contributed by atoms with van der Waals surface area (Å²) < 4.78 is 4.95. The van der Waals surface area contributed by atoms with E-state index in [0.717, 1.165) is 5.56 Å². The first-order chi connectivity index (χ1) is 18.1. The molecule has 4 N–H and O–H groups in total. The summed E-state index contributed by atoms with van der Waals surface area (Å²) in [5, 5.41) is 10.3. The smallest absolute Gasteiger partial charge is 0.407 e. The van der Waals surface area contributed by atoms with Crippen LogP contribution in [0.4, 0.5) is 10.5 Å². The van der Waals surface area contributed by atoms with Gasteiger partial charge in [-0.2, -0.15) is 0 Å². The lowest BCUT2D eigenvalue weighted by Crippen LogP contribution is -2.51. The summed E-state index contributed by atoms with van der Waals surface area (Å²) in [5.41, 5.74) is 1.26. The van der Waals surface area contributed by atoms with Crippen molar-refractivity contribution in [3.8, 4) is 0 Å². The van der Waals surface area contributed by atoms with Crippen molar-refractivity contribution >= 4 is 41.3 Å². The Hall–Kier alpha value is -3.96. The summed E-state index contributed by atoms with van der Waals surface area (Å²) in [4.78, 5) is 72.9. The SMILES string of the molecule is CNC(=O)OCc1ccc(NC(=O)CNC(=O)C(NC(=O)CCCCCN2C(=O)CCC2=O)C(C)C)cc1. The number of unbranched alkanes of at least 4 members (excludes halogenated alkanes) is 2. The third-order valence-corrected chi connectivity index (χ3v) is 5.94. The topological polar surface area (TPSA) is 163 Å². The predicted octanol–water partition coefficient (Wildman–Crippen LogP) is 1.45. The fourth-order valence-electron chi connectivity index (χ4n) is 3.77. The zero-order chi connectivity index (χ0) is 28.1. The number of rotatable bonds is 14. The number of carbonyl (C=O) groups excluding carboxylic acids is 6. The Bertz CT molecular complexity index is 994. The summed E-state index contributed by atoms with van der Waals surface area (Å²) >= 11 is 0. The highest BCUT2D eigenvalue weighted by Gasteiger charge is 2.28. The molecule has 0 aromatic heterocycles. The van der Waals surface area contributed by atoms with E-state index in [-0.39, 0.29) is 56.1 Å². The standard InChI is InChI=1S/C26H37N5O7/c1-17(2)24(30-20(32)7-5-4-6-14-31-22(34)12-13-23(31)35)25(36)28-15-21(33)29-19-10-8-18(9-11-19)16-38-26(37)27-3/h8-11,17,24H,4-7,12-16H2,1-3H3,(H,27,37)(H,28,36)(H,29,33)(H,30,32). The van der Waals surface area contributed by atoms with Crippen molar-refractivity contribution in [1.82, 2.24) is 20.9 Å². The Morgan fingerprint density at radius 1 is 0.947 bits per heavy atom. The predicted molar refractivity (Wildman–Crippen MR) is 139 cm³/mol. The number of alkyl carbamates (subject to hydrolysis) is 1. The molecule has 0 bridgehead atoms. The highest BCUT2D eigenvalue weighted by molar-refractivity contribution is 6.01. The van der Waals surface area contributed by atoms with E-state index in [9.17, 15) is 28.8 Å². The van der Waals surface area contributed by atoms with E-state index in [0.29, 0.717) is 31.5 Å². The molecule has 208 valence electrons. The second-order valence-electron chi connectivity index (χ2n) is 9.33. The zero-order valence-corrected chi connectivity index (χ0v) is 22.1. The quantitative estimate of drug-likeness (QED) is 0.208. The number of benzene rings is 1. The molecule has 1 unspecified atom stereocenters. The summed E-state index contributed by atoms with van der Waals surface area (Å²) in [6.45, 7) is 3.78. The van der Waals surface area contributed by atoms with Gasteiger partial charge >= 0.3 is 6.09 Å². The van der Waals surface area contributed by atoms with Gasteiger partial charge in [0, 0.05) is 38.5 Å². The Morgan fingerprint density at radius 2 is 1.61 bits per heavy atom. The van der Waals surface area contributed by atoms with Crippen LogP contribution >= 0.6 is 0 Å². The van der Waals surface area contributed by atoms with Gasteiger partial charge in [0.1, 0.15) is 12.6 Å². The van der Waals surface area contributed by atoms with Crippen molar-refractivity contribution < 1.29 is 33.5 Å². The maximum atomic E-state index is 12.6. The summed E-state index contributed by atoms with van der Waals surface area (Å²) in [6.07, 6.45) is 2.07. The minimum atomic E-state index is -0.797. The van der Waals surface area contributed by atoms with E-state index >= 15 is 0 Å². The van der Waals surface area contributed by atoms with Crippen LogP contribution in [0.15, 0.2) is 24.3 Å². The molecular formula is C26H37N5O7. The number of carbonyl (C=O) groups is 6. The van der Waals surface area contributed by atoms with Crippen molar-refractivity contribution in [3.05, 3.63) is 29.8 Å². The highest BCUT2D eigenvalue weighted by atomic mass is 16.5. The van der Waals surface area contributed by atoms with Gasteiger partial charge in [0.25, 0.3) is 0 Å². The van der Waals surface area contributed by atoms with E-state index < -0.39 is 23.9 Å². The van der Waals surface area contributed by atoms with Crippen LogP contribution < -0.4 is 21.3 Å². The monoisotopic (exact) mass is 531 g/mol. The lowest BCUT2D eigenvalue weighted by atomic mass is 10.0. The summed E-state index contributed by atoms with van der Waals surface area (Å²) in [7, 11) is 1.46. The number of imide groups is 1. The Balaban J connectivity index is 1.69. The number of anilines is 1. The molecule has 12 nitrogen and oxygen atoms in total. The number of nitrogens with zero attached hydrogens (tertiary/aromatic N) is 1. The van der Waals surface area contributed by atoms with Crippen molar-refractivity contribution in [1.29, 1.82) is 0 Å². The van der Waals surface area contributed by atoms with Crippen LogP contribution in [0.5, 0.6) is 0 Å². The van der Waals surface area contributed by atoms with E-state index in [2.05, 4.69) is 21.3 Å². The third-order valence-electron chi connectivity index (χ3n) is 5.94. The molecule has 6 amide bonds. The van der Waals surface area contributed by atoms with Crippen LogP contribution in [0.3, 0.4) is 0 Å². The minimum absolute atomic E-state index is 0.0902. The number of hydrogen-bond donors (Lipinski definition) is 4. The zero-order valence-electron chi connectivity index (χ0n) is 22.1. The summed E-state index contributed by atoms with van der Waals surface area (Å²) in [6, 6.07) is 5.91. The molecule has 1 aliphatic heterocycles. The Kier molecular flexibility index (Phi) is 12.2. The molecule has 38 heavy (non-hydrogen) atoms. The fraction of sp³-hybridized carbons (Fsp3) is 0.538. The van der Waals surface area contributed by atoms with Gasteiger partial charge in [-0.1, -0.05) is 32.4 Å². The number of likely N-dealkylation sites (tertiary alicyclic amines) is 1. The molecule has 1 aromatic rings. The van der Waals surface area contributed by atoms with Crippen LogP contribution in [0, 0.1) is 5.92 Å². The molecule has 1 aromatic carbocycles. The van der Waals surface area contributed by atoms with Gasteiger partial charge in [-0.05, 0) is 36.5 Å². The molecule has 1 atom stereocenters. The largest absolute Gasteiger partial charge is 0.445 e. The second-order valence-corrected chi connectivity index (χ2v) is 9.33. The number of ether oxygens (including phenoxy) is 1. The van der Waals surface area contributed by atoms with E-state index in [4.69, 9.17) is 4.74 Å². The van der Waals surface area contributed by atoms with Crippen molar-refractivity contribution in [2.75, 3.05) is 25.5 Å². The lowest BCUT2D eigenvalue weighted by molar-refractivity contribution is -0.138. The van der Waals surface area contributed by atoms with Gasteiger partial charge in [-0.25, -0.2) is 4.79 Å². The number of amides is 6. The number of nitrogens with one attached hydrogen (secondary N) is 4. The molecule has 0 aliphatic carbocycles. The second kappa shape index (κ2) is 15.3. The van der Waals surface area contributed by atoms with Crippen LogP contribution in [0.25, 0.3) is 0 Å². The minimum Gasteiger partial charge on any atom is -0.445 e. The lowest BCUT2D eigenvalue weighted by Gasteiger charge is -2.21. The summed E-state index contributed by atoms with van der Waals surface area (Å²) in [5.74, 6) is -1.66. The molecule has 12 heteroatoms. The average Bonchev–Trinajstić information content (AvgIpc) is 3.21. The van der Waals surface area contributed by atoms with Gasteiger partial charge in [-0.15, -0.1) is 0 Å². The van der Waals surface area contributed by atoms with Gasteiger partial charge in [0.05, 0.1) is 6.54 Å². The first-order valence-corrected chi connectivity index (χ1v) is 12.7. The molecule has 1 aliphatic rings. The van der Waals surface area contributed by atoms with Crippen LogP contribution in [0.2, 0.25) is 0 Å². The maximum absolute atomic E-state index is 12.6. The van der Waals surface area contributed by atoms with E-state index in [1.165, 1.54) is 11.9 Å². The van der Waals surface area contributed by atoms with Gasteiger partial charge in [0.2, 0.25) is 29.5 Å². The fourth-order valence-corrected chi connectivity index (χ4v) is 3.77. The molecule has 2 rings (SSSR count). The van der Waals surface area contributed by atoms with Crippen molar-refractivity contribution in [3.63, 3.8) is 0 Å². The number of hydrogen-bond acceptors (Lipinski definition) is 7. The Labute approximate surface area is 222 Å². The van der Waals surface area contributed by atoms with Gasteiger partial charge < -0.3 is 26.0 Å². The average molecular weight is 532 g/mol. The van der Waals surface area contributed by atoms with Gasteiger partial charge in [0.15, 0.2) is 0 Å². The first-order valence-electron chi connectivity index (χ1n) is 12.7. The Morgan fingerprint density at radius 3 is 2.21 bits per heavy atom. The van der Waals surface area contributed by atoms with Crippen molar-refractivity contribution in [2.24, 2.45) is 5.92 Å². The van der Waals surface area contributed by atoms with Crippen LogP contribution in [0.1, 0.15) is 57.9 Å². The van der Waals surface area contributed by atoms with Gasteiger partial charge in [-0.3, -0.25) is 28.9 Å². The maximum Gasteiger partial charge on any atom is 0.407 e. The molecule has 0 saturated carbocycles.